The van der Waals surface area contributed by atoms with Crippen LogP contribution in [0.15, 0.2) is 12.1 Å². The van der Waals surface area contributed by atoms with Gasteiger partial charge >= 0.3 is 6.18 Å². The molecule has 138 valence electrons. The summed E-state index contributed by atoms with van der Waals surface area (Å²) in [4.78, 5) is 16.0. The third-order valence-electron chi connectivity index (χ3n) is 4.47. The van der Waals surface area contributed by atoms with Crippen LogP contribution < -0.4 is 9.64 Å². The van der Waals surface area contributed by atoms with Crippen molar-refractivity contribution in [3.8, 4) is 5.88 Å². The molecule has 1 saturated carbocycles. The highest BCUT2D eigenvalue weighted by molar-refractivity contribution is 5.57. The summed E-state index contributed by atoms with van der Waals surface area (Å²) in [5.41, 5.74) is -1.90. The Morgan fingerprint density at radius 2 is 2.16 bits per heavy atom. The number of carbonyl (C=O) groups is 1. The summed E-state index contributed by atoms with van der Waals surface area (Å²) in [5.74, 6) is 0.639. The van der Waals surface area contributed by atoms with Crippen molar-refractivity contribution in [1.82, 2.24) is 4.98 Å². The zero-order chi connectivity index (χ0) is 18.1. The number of carbonyl (C=O) groups excluding carboxylic acids is 1. The number of aromatic nitrogens is 1. The van der Waals surface area contributed by atoms with Crippen LogP contribution >= 0.6 is 0 Å². The molecule has 2 heterocycles. The van der Waals surface area contributed by atoms with Crippen molar-refractivity contribution in [2.45, 2.75) is 37.6 Å². The van der Waals surface area contributed by atoms with Gasteiger partial charge in [0.25, 0.3) is 6.47 Å². The minimum absolute atomic E-state index is 0.0433. The lowest BCUT2D eigenvalue weighted by molar-refractivity contribution is -0.250. The molecule has 1 saturated heterocycles. The van der Waals surface area contributed by atoms with Crippen LogP contribution in [0.5, 0.6) is 5.88 Å². The van der Waals surface area contributed by atoms with Crippen molar-refractivity contribution in [3.05, 3.63) is 17.8 Å². The fourth-order valence-electron chi connectivity index (χ4n) is 2.73. The Kier molecular flexibility index (Phi) is 4.77. The van der Waals surface area contributed by atoms with E-state index < -0.39 is 24.7 Å². The summed E-state index contributed by atoms with van der Waals surface area (Å²) in [6, 6.07) is 3.15. The van der Waals surface area contributed by atoms with Crippen LogP contribution in [0, 0.1) is 5.92 Å². The number of aliphatic hydroxyl groups is 1. The highest BCUT2D eigenvalue weighted by Gasteiger charge is 2.57. The zero-order valence-electron chi connectivity index (χ0n) is 13.5. The molecule has 0 bridgehead atoms. The molecule has 1 aromatic rings. The maximum Gasteiger partial charge on any atom is 0.418 e. The summed E-state index contributed by atoms with van der Waals surface area (Å²) in [6.07, 6.45) is -2.99. The van der Waals surface area contributed by atoms with Crippen molar-refractivity contribution in [2.24, 2.45) is 5.92 Å². The Morgan fingerprint density at radius 3 is 2.76 bits per heavy atom. The van der Waals surface area contributed by atoms with Crippen LogP contribution in [0.4, 0.5) is 18.9 Å². The van der Waals surface area contributed by atoms with Gasteiger partial charge in [0.15, 0.2) is 5.60 Å². The normalized spacial score (nSPS) is 23.6. The van der Waals surface area contributed by atoms with E-state index in [0.29, 0.717) is 30.4 Å². The minimum atomic E-state index is -4.69. The predicted octanol–water partition coefficient (Wildman–Crippen LogP) is 2.05. The van der Waals surface area contributed by atoms with Crippen molar-refractivity contribution >= 4 is 12.2 Å². The number of β-amino-alcohol motifs (C(OH)–C–C–N with tert-alkyl or cyclic N) is 1. The third kappa shape index (κ3) is 3.97. The van der Waals surface area contributed by atoms with E-state index in [2.05, 4.69) is 9.72 Å². The predicted molar refractivity (Wildman–Crippen MR) is 81.1 cm³/mol. The molecule has 25 heavy (non-hydrogen) atoms. The molecule has 1 aromatic heterocycles. The average Bonchev–Trinajstić information content (AvgIpc) is 3.30. The lowest BCUT2D eigenvalue weighted by Crippen LogP contribution is -2.47. The van der Waals surface area contributed by atoms with Gasteiger partial charge in [0.05, 0.1) is 24.5 Å². The number of hydrogen-bond acceptors (Lipinski definition) is 6. The average molecular weight is 360 g/mol. The smallest absolute Gasteiger partial charge is 0.418 e. The molecule has 0 spiro atoms. The highest BCUT2D eigenvalue weighted by atomic mass is 19.4. The van der Waals surface area contributed by atoms with Gasteiger partial charge in [0.1, 0.15) is 6.61 Å². The fraction of sp³-hybridized carbons (Fsp3) is 0.625. The van der Waals surface area contributed by atoms with E-state index in [1.54, 1.807) is 12.1 Å². The first kappa shape index (κ1) is 17.8. The molecule has 1 aliphatic carbocycles. The first-order valence-corrected chi connectivity index (χ1v) is 8.04. The maximum absolute atomic E-state index is 13.0. The van der Waals surface area contributed by atoms with Gasteiger partial charge < -0.3 is 19.5 Å². The van der Waals surface area contributed by atoms with Crippen molar-refractivity contribution < 1.29 is 32.5 Å². The van der Waals surface area contributed by atoms with Crippen molar-refractivity contribution in [3.63, 3.8) is 0 Å². The third-order valence-corrected chi connectivity index (χ3v) is 4.47. The molecular weight excluding hydrogens is 341 g/mol. The number of rotatable bonds is 7. The van der Waals surface area contributed by atoms with Crippen LogP contribution in [0.2, 0.25) is 0 Å². The van der Waals surface area contributed by atoms with Crippen molar-refractivity contribution in [2.75, 3.05) is 24.6 Å². The van der Waals surface area contributed by atoms with E-state index in [1.807, 2.05) is 0 Å². The van der Waals surface area contributed by atoms with Gasteiger partial charge in [-0.3, -0.25) is 4.79 Å². The molecule has 2 fully saturated rings. The van der Waals surface area contributed by atoms with Crippen LogP contribution in [0.25, 0.3) is 0 Å². The van der Waals surface area contributed by atoms with E-state index in [-0.39, 0.29) is 19.0 Å². The Hall–Kier alpha value is -2.03. The second-order valence-electron chi connectivity index (χ2n) is 6.49. The highest BCUT2D eigenvalue weighted by Crippen LogP contribution is 2.41. The quantitative estimate of drug-likeness (QED) is 0.751. The summed E-state index contributed by atoms with van der Waals surface area (Å²) in [5, 5.41) is 9.86. The molecule has 6 nitrogen and oxygen atoms in total. The fourth-order valence-corrected chi connectivity index (χ4v) is 2.73. The number of anilines is 1. The second-order valence-corrected chi connectivity index (χ2v) is 6.49. The zero-order valence-corrected chi connectivity index (χ0v) is 13.5. The Labute approximate surface area is 142 Å². The molecule has 1 unspecified atom stereocenters. The standard InChI is InChI=1S/C16H19F3N2O4/c17-16(18,19)15(23)5-6-21(9-15)13-4-3-12(8-24-10-22)20-14(13)25-7-11-1-2-11/h3-4,10-11,23H,1-2,5-9H2. The topological polar surface area (TPSA) is 71.9 Å². The van der Waals surface area contributed by atoms with Gasteiger partial charge in [0.2, 0.25) is 5.88 Å². The molecule has 1 atom stereocenters. The van der Waals surface area contributed by atoms with Crippen LogP contribution in [0.1, 0.15) is 25.0 Å². The lowest BCUT2D eigenvalue weighted by Gasteiger charge is -2.27. The molecule has 0 radical (unpaired) electrons. The second kappa shape index (κ2) is 6.70. The van der Waals surface area contributed by atoms with E-state index in [9.17, 15) is 23.1 Å². The van der Waals surface area contributed by atoms with Crippen LogP contribution in [-0.4, -0.2) is 48.0 Å². The van der Waals surface area contributed by atoms with E-state index in [4.69, 9.17) is 4.74 Å². The number of pyridine rings is 1. The van der Waals surface area contributed by atoms with Gasteiger partial charge in [-0.15, -0.1) is 0 Å². The van der Waals surface area contributed by atoms with E-state index in [1.165, 1.54) is 4.90 Å². The number of nitrogens with zero attached hydrogens (tertiary/aromatic N) is 2. The van der Waals surface area contributed by atoms with Crippen LogP contribution in [0.3, 0.4) is 0 Å². The Morgan fingerprint density at radius 1 is 1.40 bits per heavy atom. The molecule has 9 heteroatoms. The maximum atomic E-state index is 13.0. The summed E-state index contributed by atoms with van der Waals surface area (Å²) in [6.45, 7) is 0.166. The first-order chi connectivity index (χ1) is 11.8. The summed E-state index contributed by atoms with van der Waals surface area (Å²) >= 11 is 0. The van der Waals surface area contributed by atoms with Gasteiger partial charge in [0, 0.05) is 13.0 Å². The number of ether oxygens (including phenoxy) is 2. The van der Waals surface area contributed by atoms with Gasteiger partial charge in [-0.2, -0.15) is 13.2 Å². The largest absolute Gasteiger partial charge is 0.476 e. The molecule has 3 rings (SSSR count). The van der Waals surface area contributed by atoms with Crippen molar-refractivity contribution in [1.29, 1.82) is 0 Å². The Balaban J connectivity index is 1.80. The van der Waals surface area contributed by atoms with Crippen LogP contribution in [-0.2, 0) is 16.1 Å². The number of hydrogen-bond donors (Lipinski definition) is 1. The number of halogens is 3. The molecule has 0 amide bonds. The van der Waals surface area contributed by atoms with Gasteiger partial charge in [-0.1, -0.05) is 0 Å². The molecule has 1 N–H and O–H groups in total. The molecule has 2 aliphatic rings. The van der Waals surface area contributed by atoms with E-state index in [0.717, 1.165) is 12.8 Å². The molecule has 1 aliphatic heterocycles. The number of alkyl halides is 3. The van der Waals surface area contributed by atoms with Gasteiger partial charge in [-0.05, 0) is 30.9 Å². The summed E-state index contributed by atoms with van der Waals surface area (Å²) < 4.78 is 49.4. The van der Waals surface area contributed by atoms with Gasteiger partial charge in [-0.25, -0.2) is 4.98 Å². The first-order valence-electron chi connectivity index (χ1n) is 8.04. The molecular formula is C16H19F3N2O4. The molecule has 0 aromatic carbocycles. The minimum Gasteiger partial charge on any atom is -0.476 e. The monoisotopic (exact) mass is 360 g/mol. The SMILES string of the molecule is O=COCc1ccc(N2CCC(O)(C(F)(F)F)C2)c(OCC2CC2)n1. The summed E-state index contributed by atoms with van der Waals surface area (Å²) in [7, 11) is 0. The lowest BCUT2D eigenvalue weighted by atomic mass is 10.0. The Bertz CT molecular complexity index is 636. The van der Waals surface area contributed by atoms with E-state index >= 15 is 0 Å².